The lowest BCUT2D eigenvalue weighted by Gasteiger charge is -2.29. The highest BCUT2D eigenvalue weighted by Crippen LogP contribution is 2.37. The van der Waals surface area contributed by atoms with E-state index in [0.29, 0.717) is 23.6 Å². The van der Waals surface area contributed by atoms with Crippen LogP contribution in [-0.4, -0.2) is 38.4 Å². The molecular weight excluding hydrogens is 428 g/mol. The molecule has 8 heteroatoms. The van der Waals surface area contributed by atoms with Gasteiger partial charge in [0, 0.05) is 41.7 Å². The number of imide groups is 1. The van der Waals surface area contributed by atoms with E-state index in [-0.39, 0.29) is 18.2 Å². The minimum atomic E-state index is -0.626. The minimum absolute atomic E-state index is 0.182. The second-order valence-corrected chi connectivity index (χ2v) is 8.70. The Morgan fingerprint density at radius 2 is 1.88 bits per heavy atom. The molecule has 1 N–H and O–H groups in total. The predicted molar refractivity (Wildman–Crippen MR) is 120 cm³/mol. The van der Waals surface area contributed by atoms with Gasteiger partial charge < -0.3 is 4.90 Å². The van der Waals surface area contributed by atoms with Crippen molar-refractivity contribution in [1.82, 2.24) is 20.0 Å². The first-order valence-electron chi connectivity index (χ1n) is 10.4. The molecule has 0 spiro atoms. The lowest BCUT2D eigenvalue weighted by atomic mass is 9.96. The summed E-state index contributed by atoms with van der Waals surface area (Å²) in [5, 5.41) is 7.45. The van der Waals surface area contributed by atoms with E-state index in [2.05, 4.69) is 10.4 Å². The molecule has 1 fully saturated rings. The molecule has 1 aromatic heterocycles. The molecule has 1 atom stereocenters. The summed E-state index contributed by atoms with van der Waals surface area (Å²) in [7, 11) is 1.89. The Morgan fingerprint density at radius 1 is 1.06 bits per heavy atom. The quantitative estimate of drug-likeness (QED) is 0.622. The Bertz CT molecular complexity index is 1300. The van der Waals surface area contributed by atoms with Gasteiger partial charge in [-0.15, -0.1) is 0 Å². The summed E-state index contributed by atoms with van der Waals surface area (Å²) in [6, 6.07) is 10.8. The second-order valence-electron chi connectivity index (χ2n) is 8.26. The van der Waals surface area contributed by atoms with Gasteiger partial charge in [-0.2, -0.15) is 5.10 Å². The molecule has 3 heterocycles. The normalized spacial score (nSPS) is 18.2. The van der Waals surface area contributed by atoms with Gasteiger partial charge in [-0.05, 0) is 54.3 Å². The van der Waals surface area contributed by atoms with Crippen LogP contribution in [0.4, 0.5) is 0 Å². The fraction of sp³-hybridized carbons (Fsp3) is 0.250. The van der Waals surface area contributed by atoms with Crippen LogP contribution >= 0.6 is 11.6 Å². The first kappa shape index (κ1) is 20.5. The van der Waals surface area contributed by atoms with E-state index < -0.39 is 11.9 Å². The highest BCUT2D eigenvalue weighted by atomic mass is 35.5. The molecule has 32 heavy (non-hydrogen) atoms. The van der Waals surface area contributed by atoms with Crippen LogP contribution < -0.4 is 5.32 Å². The van der Waals surface area contributed by atoms with Crippen LogP contribution in [0.25, 0.3) is 22.4 Å². The number of piperidine rings is 1. The van der Waals surface area contributed by atoms with Crippen molar-refractivity contribution < 1.29 is 14.4 Å². The highest BCUT2D eigenvalue weighted by molar-refractivity contribution is 6.31. The van der Waals surface area contributed by atoms with Crippen LogP contribution in [0.5, 0.6) is 0 Å². The third-order valence-electron chi connectivity index (χ3n) is 6.23. The number of rotatable bonds is 3. The van der Waals surface area contributed by atoms with Crippen LogP contribution in [-0.2, 0) is 23.2 Å². The average Bonchev–Trinajstić information content (AvgIpc) is 3.29. The number of fused-ring (bicyclic) bond motifs is 1. The molecule has 0 saturated carbocycles. The lowest BCUT2D eigenvalue weighted by Crippen LogP contribution is -2.52. The Labute approximate surface area is 190 Å². The Kier molecular flexibility index (Phi) is 4.86. The van der Waals surface area contributed by atoms with Gasteiger partial charge in [0.15, 0.2) is 0 Å². The first-order valence-corrected chi connectivity index (χ1v) is 10.8. The van der Waals surface area contributed by atoms with Crippen LogP contribution in [0, 0.1) is 6.92 Å². The number of nitrogens with one attached hydrogen (secondary N) is 1. The fourth-order valence-corrected chi connectivity index (χ4v) is 4.73. The van der Waals surface area contributed by atoms with E-state index >= 15 is 0 Å². The Balaban J connectivity index is 1.52. The predicted octanol–water partition coefficient (Wildman–Crippen LogP) is 3.48. The van der Waals surface area contributed by atoms with Crippen molar-refractivity contribution in [2.45, 2.75) is 32.4 Å². The molecule has 3 amide bonds. The monoisotopic (exact) mass is 448 g/mol. The van der Waals surface area contributed by atoms with Crippen LogP contribution in [0.1, 0.15) is 34.3 Å². The third-order valence-corrected chi connectivity index (χ3v) is 6.46. The van der Waals surface area contributed by atoms with Gasteiger partial charge in [0.25, 0.3) is 5.91 Å². The first-order chi connectivity index (χ1) is 15.3. The van der Waals surface area contributed by atoms with Crippen molar-refractivity contribution in [3.8, 4) is 22.4 Å². The number of amides is 3. The molecule has 5 rings (SSSR count). The van der Waals surface area contributed by atoms with Gasteiger partial charge in [-0.3, -0.25) is 24.4 Å². The third kappa shape index (κ3) is 3.29. The molecule has 1 unspecified atom stereocenters. The van der Waals surface area contributed by atoms with Crippen LogP contribution in [0.2, 0.25) is 5.02 Å². The van der Waals surface area contributed by atoms with E-state index in [0.717, 1.165) is 33.5 Å². The van der Waals surface area contributed by atoms with Crippen LogP contribution in [0.15, 0.2) is 42.6 Å². The fourth-order valence-electron chi connectivity index (χ4n) is 4.56. The number of carbonyl (C=O) groups is 3. The van der Waals surface area contributed by atoms with Gasteiger partial charge in [0.05, 0.1) is 11.9 Å². The SMILES string of the molecule is Cc1ccc(Cl)cc1-c1c(-c2ccc3c(c2)CN(C2CCC(=O)NC2=O)C3=O)cnn1C. The molecule has 2 aromatic carbocycles. The molecule has 0 bridgehead atoms. The summed E-state index contributed by atoms with van der Waals surface area (Å²) in [5.41, 5.74) is 6.33. The summed E-state index contributed by atoms with van der Waals surface area (Å²) >= 11 is 6.26. The summed E-state index contributed by atoms with van der Waals surface area (Å²) in [5.74, 6) is -0.884. The van der Waals surface area contributed by atoms with Crippen molar-refractivity contribution >= 4 is 29.3 Å². The second kappa shape index (κ2) is 7.60. The van der Waals surface area contributed by atoms with Crippen molar-refractivity contribution in [3.63, 3.8) is 0 Å². The average molecular weight is 449 g/mol. The minimum Gasteiger partial charge on any atom is -0.322 e. The van der Waals surface area contributed by atoms with E-state index in [1.165, 1.54) is 0 Å². The van der Waals surface area contributed by atoms with E-state index in [9.17, 15) is 14.4 Å². The van der Waals surface area contributed by atoms with Crippen LogP contribution in [0.3, 0.4) is 0 Å². The molecule has 0 radical (unpaired) electrons. The zero-order valence-electron chi connectivity index (χ0n) is 17.7. The summed E-state index contributed by atoms with van der Waals surface area (Å²) in [4.78, 5) is 38.3. The molecular formula is C24H21ClN4O3. The molecule has 2 aliphatic heterocycles. The molecule has 0 aliphatic carbocycles. The smallest absolute Gasteiger partial charge is 0.255 e. The van der Waals surface area contributed by atoms with Crippen molar-refractivity contribution in [2.24, 2.45) is 7.05 Å². The number of hydrogen-bond acceptors (Lipinski definition) is 4. The molecule has 1 saturated heterocycles. The van der Waals surface area contributed by atoms with Gasteiger partial charge in [-0.25, -0.2) is 0 Å². The van der Waals surface area contributed by atoms with E-state index in [1.807, 2.05) is 55.2 Å². The molecule has 3 aromatic rings. The number of hydrogen-bond donors (Lipinski definition) is 1. The number of benzene rings is 2. The summed E-state index contributed by atoms with van der Waals surface area (Å²) in [6.45, 7) is 2.36. The lowest BCUT2D eigenvalue weighted by molar-refractivity contribution is -0.136. The maximum Gasteiger partial charge on any atom is 0.255 e. The van der Waals surface area contributed by atoms with Crippen molar-refractivity contribution in [2.75, 3.05) is 0 Å². The Morgan fingerprint density at radius 3 is 2.66 bits per heavy atom. The number of aromatic nitrogens is 2. The molecule has 7 nitrogen and oxygen atoms in total. The summed E-state index contributed by atoms with van der Waals surface area (Å²) in [6.07, 6.45) is 2.39. The Hall–Kier alpha value is -3.45. The number of nitrogens with zero attached hydrogens (tertiary/aromatic N) is 3. The zero-order valence-corrected chi connectivity index (χ0v) is 18.4. The number of halogens is 1. The van der Waals surface area contributed by atoms with Gasteiger partial charge >= 0.3 is 0 Å². The zero-order chi connectivity index (χ0) is 22.6. The standard InChI is InChI=1S/C24H21ClN4O3/c1-13-3-5-16(25)10-18(13)22-19(11-26-28(22)2)14-4-6-17-15(9-14)12-29(24(17)32)20-7-8-21(30)27-23(20)31/h3-6,9-11,20H,7-8,12H2,1-2H3,(H,27,30,31). The highest BCUT2D eigenvalue weighted by Gasteiger charge is 2.39. The van der Waals surface area contributed by atoms with Gasteiger partial charge in [0.1, 0.15) is 6.04 Å². The number of carbonyl (C=O) groups excluding carboxylic acids is 3. The molecule has 2 aliphatic rings. The van der Waals surface area contributed by atoms with Gasteiger partial charge in [0.2, 0.25) is 11.8 Å². The maximum absolute atomic E-state index is 13.0. The van der Waals surface area contributed by atoms with Crippen molar-refractivity contribution in [1.29, 1.82) is 0 Å². The van der Waals surface area contributed by atoms with Gasteiger partial charge in [-0.1, -0.05) is 23.7 Å². The maximum atomic E-state index is 13.0. The molecule has 162 valence electrons. The topological polar surface area (TPSA) is 84.3 Å². The van der Waals surface area contributed by atoms with Crippen molar-refractivity contribution in [3.05, 3.63) is 64.3 Å². The summed E-state index contributed by atoms with van der Waals surface area (Å²) < 4.78 is 1.82. The number of aryl methyl sites for hydroxylation is 2. The largest absolute Gasteiger partial charge is 0.322 e. The van der Waals surface area contributed by atoms with E-state index in [1.54, 1.807) is 11.0 Å². The van der Waals surface area contributed by atoms with E-state index in [4.69, 9.17) is 11.6 Å².